The molecule has 0 radical (unpaired) electrons. The smallest absolute Gasteiger partial charge is 0.336 e. The molecule has 0 atom stereocenters. The molecule has 0 aliphatic carbocycles. The predicted octanol–water partition coefficient (Wildman–Crippen LogP) is 5.27. The zero-order valence-electron chi connectivity index (χ0n) is 15.9. The monoisotopic (exact) mass is 502 g/mol. The van der Waals surface area contributed by atoms with Crippen molar-refractivity contribution in [3.8, 4) is 0 Å². The number of benzene rings is 3. The first kappa shape index (κ1) is 22.5. The number of anilines is 2. The minimum atomic E-state index is -1.19. The van der Waals surface area contributed by atoms with Crippen LogP contribution in [-0.4, -0.2) is 28.6 Å². The zero-order valence-corrected chi connectivity index (χ0v) is 18.3. The van der Waals surface area contributed by atoms with E-state index in [1.807, 2.05) is 0 Å². The predicted molar refractivity (Wildman–Crippen MR) is 121 cm³/mol. The molecule has 3 rings (SSSR count). The van der Waals surface area contributed by atoms with Gasteiger partial charge in [0.25, 0.3) is 5.91 Å². The molecule has 2 amide bonds. The number of hydrogen-bond acceptors (Lipinski definition) is 4. The Hall–Kier alpha value is -3.17. The number of hydrogen-bond donors (Lipinski definition) is 3. The SMILES string of the molecule is O=C(CSc1cccc(NC(=O)c2ccccc2C(=O)O)c1)Nc1ccc(Br)cc1F. The van der Waals surface area contributed by atoms with Crippen LogP contribution in [0.1, 0.15) is 20.7 Å². The standard InChI is InChI=1S/C22H16BrFN2O4S/c23-13-8-9-19(18(24)10-13)26-20(27)12-31-15-5-3-4-14(11-15)25-21(28)16-6-1-2-7-17(16)22(29)30/h1-11H,12H2,(H,25,28)(H,26,27)(H,29,30). The van der Waals surface area contributed by atoms with Crippen LogP contribution in [0.4, 0.5) is 15.8 Å². The van der Waals surface area contributed by atoms with Crippen molar-refractivity contribution in [1.29, 1.82) is 0 Å². The van der Waals surface area contributed by atoms with E-state index >= 15 is 0 Å². The fourth-order valence-electron chi connectivity index (χ4n) is 2.66. The van der Waals surface area contributed by atoms with Crippen molar-refractivity contribution < 1.29 is 23.9 Å². The number of carboxylic acids is 1. The van der Waals surface area contributed by atoms with Gasteiger partial charge in [0.15, 0.2) is 0 Å². The minimum absolute atomic E-state index is 0.0365. The van der Waals surface area contributed by atoms with Gasteiger partial charge >= 0.3 is 5.97 Å². The van der Waals surface area contributed by atoms with Crippen LogP contribution in [0.5, 0.6) is 0 Å². The van der Waals surface area contributed by atoms with E-state index in [4.69, 9.17) is 0 Å². The van der Waals surface area contributed by atoms with Crippen LogP contribution in [0.2, 0.25) is 0 Å². The third kappa shape index (κ3) is 6.16. The lowest BCUT2D eigenvalue weighted by Crippen LogP contribution is -2.16. The molecule has 3 aromatic carbocycles. The highest BCUT2D eigenvalue weighted by molar-refractivity contribution is 9.10. The van der Waals surface area contributed by atoms with Crippen molar-refractivity contribution in [1.82, 2.24) is 0 Å². The molecule has 0 aliphatic rings. The Labute approximate surface area is 190 Å². The number of carbonyl (C=O) groups excluding carboxylic acids is 2. The first-order valence-electron chi connectivity index (χ1n) is 8.95. The van der Waals surface area contributed by atoms with Gasteiger partial charge < -0.3 is 15.7 Å². The maximum Gasteiger partial charge on any atom is 0.336 e. The van der Waals surface area contributed by atoms with E-state index in [9.17, 15) is 23.9 Å². The van der Waals surface area contributed by atoms with Crippen molar-refractivity contribution in [2.45, 2.75) is 4.90 Å². The van der Waals surface area contributed by atoms with Crippen molar-refractivity contribution in [2.75, 3.05) is 16.4 Å². The molecule has 0 saturated heterocycles. The minimum Gasteiger partial charge on any atom is -0.478 e. The Kier molecular flexibility index (Phi) is 7.43. The van der Waals surface area contributed by atoms with Gasteiger partial charge in [-0.15, -0.1) is 11.8 Å². The van der Waals surface area contributed by atoms with Crippen LogP contribution >= 0.6 is 27.7 Å². The summed E-state index contributed by atoms with van der Waals surface area (Å²) < 4.78 is 14.4. The molecule has 3 N–H and O–H groups in total. The summed E-state index contributed by atoms with van der Waals surface area (Å²) in [6, 6.07) is 17.1. The van der Waals surface area contributed by atoms with Gasteiger partial charge in [0, 0.05) is 15.1 Å². The molecular formula is C22H16BrFN2O4S. The van der Waals surface area contributed by atoms with Crippen molar-refractivity contribution in [3.63, 3.8) is 0 Å². The van der Waals surface area contributed by atoms with Crippen LogP contribution in [-0.2, 0) is 4.79 Å². The van der Waals surface area contributed by atoms with Crippen LogP contribution in [0.3, 0.4) is 0 Å². The number of halogens is 2. The lowest BCUT2D eigenvalue weighted by atomic mass is 10.1. The molecule has 0 bridgehead atoms. The molecule has 0 unspecified atom stereocenters. The van der Waals surface area contributed by atoms with Gasteiger partial charge in [0.1, 0.15) is 5.82 Å². The highest BCUT2D eigenvalue weighted by Gasteiger charge is 2.16. The van der Waals surface area contributed by atoms with Gasteiger partial charge in [-0.3, -0.25) is 9.59 Å². The van der Waals surface area contributed by atoms with Crippen LogP contribution in [0.25, 0.3) is 0 Å². The Bertz CT molecular complexity index is 1160. The van der Waals surface area contributed by atoms with E-state index in [1.165, 1.54) is 36.0 Å². The zero-order chi connectivity index (χ0) is 22.4. The lowest BCUT2D eigenvalue weighted by Gasteiger charge is -2.10. The Balaban J connectivity index is 1.62. The van der Waals surface area contributed by atoms with Gasteiger partial charge in [-0.1, -0.05) is 34.1 Å². The van der Waals surface area contributed by atoms with Crippen molar-refractivity contribution in [3.05, 3.63) is 88.1 Å². The van der Waals surface area contributed by atoms with Crippen LogP contribution < -0.4 is 10.6 Å². The molecule has 158 valence electrons. The number of carboxylic acid groups (broad SMARTS) is 1. The largest absolute Gasteiger partial charge is 0.478 e. The number of thioether (sulfide) groups is 1. The van der Waals surface area contributed by atoms with E-state index < -0.39 is 17.7 Å². The first-order valence-corrected chi connectivity index (χ1v) is 10.7. The summed E-state index contributed by atoms with van der Waals surface area (Å²) in [5.74, 6) is -2.63. The van der Waals surface area contributed by atoms with E-state index in [2.05, 4.69) is 26.6 Å². The molecule has 0 fully saturated rings. The highest BCUT2D eigenvalue weighted by Crippen LogP contribution is 2.24. The number of amides is 2. The maximum absolute atomic E-state index is 13.8. The molecule has 0 saturated carbocycles. The van der Waals surface area contributed by atoms with Gasteiger partial charge in [-0.2, -0.15) is 0 Å². The highest BCUT2D eigenvalue weighted by atomic mass is 79.9. The molecule has 3 aromatic rings. The summed E-state index contributed by atoms with van der Waals surface area (Å²) in [5, 5.41) is 14.4. The van der Waals surface area contributed by atoms with Crippen LogP contribution in [0, 0.1) is 5.82 Å². The van der Waals surface area contributed by atoms with E-state index in [-0.39, 0.29) is 28.5 Å². The average Bonchev–Trinajstić information content (AvgIpc) is 2.74. The third-order valence-corrected chi connectivity index (χ3v) is 5.56. The number of rotatable bonds is 7. The van der Waals surface area contributed by atoms with Gasteiger partial charge in [-0.05, 0) is 48.5 Å². The Morgan fingerprint density at radius 2 is 1.68 bits per heavy atom. The molecule has 0 aliphatic heterocycles. The van der Waals surface area contributed by atoms with E-state index in [0.29, 0.717) is 15.1 Å². The third-order valence-electron chi connectivity index (χ3n) is 4.07. The molecule has 0 aromatic heterocycles. The maximum atomic E-state index is 13.8. The van der Waals surface area contributed by atoms with Crippen LogP contribution in [0.15, 0.2) is 76.1 Å². The second-order valence-corrected chi connectivity index (χ2v) is 8.26. The Morgan fingerprint density at radius 3 is 2.39 bits per heavy atom. The number of nitrogens with one attached hydrogen (secondary N) is 2. The van der Waals surface area contributed by atoms with Crippen molar-refractivity contribution >= 4 is 56.9 Å². The molecule has 0 spiro atoms. The second kappa shape index (κ2) is 10.2. The van der Waals surface area contributed by atoms with Gasteiger partial charge in [-0.25, -0.2) is 9.18 Å². The molecule has 9 heteroatoms. The van der Waals surface area contributed by atoms with Crippen molar-refractivity contribution in [2.24, 2.45) is 0 Å². The molecular weight excluding hydrogens is 487 g/mol. The number of aromatic carboxylic acids is 1. The summed E-state index contributed by atoms with van der Waals surface area (Å²) in [5.41, 5.74) is 0.493. The van der Waals surface area contributed by atoms with Gasteiger partial charge in [0.05, 0.1) is 22.6 Å². The summed E-state index contributed by atoms with van der Waals surface area (Å²) in [6.07, 6.45) is 0. The summed E-state index contributed by atoms with van der Waals surface area (Å²) in [6.45, 7) is 0. The summed E-state index contributed by atoms with van der Waals surface area (Å²) >= 11 is 4.37. The van der Waals surface area contributed by atoms with E-state index in [0.717, 1.165) is 0 Å². The second-order valence-electron chi connectivity index (χ2n) is 6.29. The number of carbonyl (C=O) groups is 3. The topological polar surface area (TPSA) is 95.5 Å². The normalized spacial score (nSPS) is 10.4. The Morgan fingerprint density at radius 1 is 0.935 bits per heavy atom. The lowest BCUT2D eigenvalue weighted by molar-refractivity contribution is -0.113. The van der Waals surface area contributed by atoms with E-state index in [1.54, 1.807) is 42.5 Å². The fourth-order valence-corrected chi connectivity index (χ4v) is 3.74. The fraction of sp³-hybridized carbons (Fsp3) is 0.0455. The summed E-state index contributed by atoms with van der Waals surface area (Å²) in [7, 11) is 0. The molecule has 0 heterocycles. The quantitative estimate of drug-likeness (QED) is 0.382. The summed E-state index contributed by atoms with van der Waals surface area (Å²) in [4.78, 5) is 36.6. The molecule has 31 heavy (non-hydrogen) atoms. The average molecular weight is 503 g/mol. The first-order chi connectivity index (χ1) is 14.8. The van der Waals surface area contributed by atoms with Gasteiger partial charge in [0.2, 0.25) is 5.91 Å². The molecule has 6 nitrogen and oxygen atoms in total.